The maximum atomic E-state index is 12.9. The van der Waals surface area contributed by atoms with Crippen molar-refractivity contribution in [1.29, 1.82) is 0 Å². The van der Waals surface area contributed by atoms with E-state index in [1.54, 1.807) is 12.1 Å². The third kappa shape index (κ3) is 3.64. The van der Waals surface area contributed by atoms with Crippen LogP contribution in [-0.2, 0) is 6.54 Å². The standard InChI is InChI=1S/C18H18ClFN2O/c19-16-5-2-1-4-15(16)17-6-3-11-22(17)18(23)21-12-13-7-9-14(20)10-8-13/h1-2,4-5,7-10,17H,3,6,11-12H2,(H,21,23). The lowest BCUT2D eigenvalue weighted by molar-refractivity contribution is 0.192. The molecule has 0 spiro atoms. The summed E-state index contributed by atoms with van der Waals surface area (Å²) in [5.41, 5.74) is 1.86. The quantitative estimate of drug-likeness (QED) is 0.880. The molecular formula is C18H18ClFN2O. The maximum absolute atomic E-state index is 12.9. The fourth-order valence-electron chi connectivity index (χ4n) is 2.96. The average Bonchev–Trinajstić information content (AvgIpc) is 3.04. The molecule has 1 unspecified atom stereocenters. The summed E-state index contributed by atoms with van der Waals surface area (Å²) in [6.07, 6.45) is 1.87. The Morgan fingerprint density at radius 2 is 1.96 bits per heavy atom. The first-order valence-electron chi connectivity index (χ1n) is 7.68. The number of hydrogen-bond acceptors (Lipinski definition) is 1. The van der Waals surface area contributed by atoms with Crippen LogP contribution in [0, 0.1) is 5.82 Å². The van der Waals surface area contributed by atoms with Crippen molar-refractivity contribution in [2.24, 2.45) is 0 Å². The number of rotatable bonds is 3. The molecule has 1 heterocycles. The molecule has 3 rings (SSSR count). The zero-order valence-electron chi connectivity index (χ0n) is 12.6. The predicted molar refractivity (Wildman–Crippen MR) is 88.8 cm³/mol. The molecule has 0 aromatic heterocycles. The molecule has 23 heavy (non-hydrogen) atoms. The molecular weight excluding hydrogens is 315 g/mol. The van der Waals surface area contributed by atoms with Gasteiger partial charge in [-0.05, 0) is 42.2 Å². The Balaban J connectivity index is 1.66. The Hall–Kier alpha value is -2.07. The minimum absolute atomic E-state index is 0.0110. The molecule has 120 valence electrons. The first-order chi connectivity index (χ1) is 11.1. The van der Waals surface area contributed by atoms with Crippen LogP contribution in [0.1, 0.15) is 30.0 Å². The molecule has 2 aromatic rings. The lowest BCUT2D eigenvalue weighted by Gasteiger charge is -2.26. The van der Waals surface area contributed by atoms with Crippen molar-refractivity contribution in [3.63, 3.8) is 0 Å². The topological polar surface area (TPSA) is 32.3 Å². The Labute approximate surface area is 140 Å². The van der Waals surface area contributed by atoms with Gasteiger partial charge < -0.3 is 10.2 Å². The Morgan fingerprint density at radius 1 is 1.22 bits per heavy atom. The zero-order valence-corrected chi connectivity index (χ0v) is 13.4. The van der Waals surface area contributed by atoms with E-state index < -0.39 is 0 Å². The highest BCUT2D eigenvalue weighted by Gasteiger charge is 2.30. The molecule has 1 atom stereocenters. The molecule has 0 saturated carbocycles. The minimum Gasteiger partial charge on any atom is -0.334 e. The molecule has 2 amide bonds. The fraction of sp³-hybridized carbons (Fsp3) is 0.278. The minimum atomic E-state index is -0.279. The molecule has 1 saturated heterocycles. The van der Waals surface area contributed by atoms with Gasteiger partial charge in [-0.3, -0.25) is 0 Å². The monoisotopic (exact) mass is 332 g/mol. The summed E-state index contributed by atoms with van der Waals surface area (Å²) in [5, 5.41) is 3.59. The molecule has 2 aromatic carbocycles. The van der Waals surface area contributed by atoms with Crippen LogP contribution in [0.4, 0.5) is 9.18 Å². The second-order valence-electron chi connectivity index (χ2n) is 5.66. The van der Waals surface area contributed by atoms with E-state index in [9.17, 15) is 9.18 Å². The van der Waals surface area contributed by atoms with Gasteiger partial charge in [-0.1, -0.05) is 41.9 Å². The van der Waals surface area contributed by atoms with Crippen molar-refractivity contribution in [1.82, 2.24) is 10.2 Å². The number of nitrogens with one attached hydrogen (secondary N) is 1. The van der Waals surface area contributed by atoms with E-state index in [0.29, 0.717) is 18.1 Å². The second kappa shape index (κ2) is 7.01. The lowest BCUT2D eigenvalue weighted by atomic mass is 10.0. The van der Waals surface area contributed by atoms with Crippen molar-refractivity contribution < 1.29 is 9.18 Å². The number of urea groups is 1. The van der Waals surface area contributed by atoms with Crippen molar-refractivity contribution in [3.05, 3.63) is 70.5 Å². The summed E-state index contributed by atoms with van der Waals surface area (Å²) in [6.45, 7) is 1.09. The van der Waals surface area contributed by atoms with E-state index >= 15 is 0 Å². The molecule has 5 heteroatoms. The van der Waals surface area contributed by atoms with E-state index in [2.05, 4.69) is 5.32 Å². The number of likely N-dealkylation sites (tertiary alicyclic amines) is 1. The normalized spacial score (nSPS) is 17.3. The number of carbonyl (C=O) groups is 1. The summed E-state index contributed by atoms with van der Waals surface area (Å²) < 4.78 is 12.9. The SMILES string of the molecule is O=C(NCc1ccc(F)cc1)N1CCCC1c1ccccc1Cl. The molecule has 0 aliphatic carbocycles. The number of halogens is 2. The van der Waals surface area contributed by atoms with Gasteiger partial charge in [-0.25, -0.2) is 9.18 Å². The average molecular weight is 333 g/mol. The van der Waals surface area contributed by atoms with Crippen LogP contribution >= 0.6 is 11.6 Å². The van der Waals surface area contributed by atoms with Gasteiger partial charge in [0.15, 0.2) is 0 Å². The summed E-state index contributed by atoms with van der Waals surface area (Å²) in [4.78, 5) is 14.3. The van der Waals surface area contributed by atoms with Gasteiger partial charge in [0.2, 0.25) is 0 Å². The number of hydrogen-bond donors (Lipinski definition) is 1. The van der Waals surface area contributed by atoms with Gasteiger partial charge in [0.1, 0.15) is 5.82 Å². The van der Waals surface area contributed by atoms with Crippen molar-refractivity contribution in [2.75, 3.05) is 6.54 Å². The summed E-state index contributed by atoms with van der Waals surface area (Å²) >= 11 is 6.27. The fourth-order valence-corrected chi connectivity index (χ4v) is 3.22. The van der Waals surface area contributed by atoms with E-state index in [1.807, 2.05) is 29.2 Å². The van der Waals surface area contributed by atoms with Gasteiger partial charge >= 0.3 is 6.03 Å². The van der Waals surface area contributed by atoms with Crippen LogP contribution in [0.2, 0.25) is 5.02 Å². The Bertz CT molecular complexity index is 690. The van der Waals surface area contributed by atoms with Crippen LogP contribution in [0.15, 0.2) is 48.5 Å². The molecule has 0 radical (unpaired) electrons. The van der Waals surface area contributed by atoms with Crippen LogP contribution < -0.4 is 5.32 Å². The summed E-state index contributed by atoms with van der Waals surface area (Å²) in [7, 11) is 0. The number of nitrogens with zero attached hydrogens (tertiary/aromatic N) is 1. The molecule has 1 N–H and O–H groups in total. The maximum Gasteiger partial charge on any atom is 0.318 e. The molecule has 1 aliphatic heterocycles. The second-order valence-corrected chi connectivity index (χ2v) is 6.07. The van der Waals surface area contributed by atoms with E-state index in [4.69, 9.17) is 11.6 Å². The van der Waals surface area contributed by atoms with E-state index in [0.717, 1.165) is 24.0 Å². The number of benzene rings is 2. The predicted octanol–water partition coefficient (Wildman–Crippen LogP) is 4.53. The van der Waals surface area contributed by atoms with Crippen LogP contribution in [0.25, 0.3) is 0 Å². The van der Waals surface area contributed by atoms with Crippen molar-refractivity contribution >= 4 is 17.6 Å². The smallest absolute Gasteiger partial charge is 0.318 e. The molecule has 1 fully saturated rings. The summed E-state index contributed by atoms with van der Waals surface area (Å²) in [5.74, 6) is -0.279. The van der Waals surface area contributed by atoms with Crippen LogP contribution in [0.3, 0.4) is 0 Å². The van der Waals surface area contributed by atoms with Crippen molar-refractivity contribution in [2.45, 2.75) is 25.4 Å². The third-order valence-corrected chi connectivity index (χ3v) is 4.48. The molecule has 1 aliphatic rings. The van der Waals surface area contributed by atoms with Gasteiger partial charge in [0.05, 0.1) is 6.04 Å². The van der Waals surface area contributed by atoms with Crippen molar-refractivity contribution in [3.8, 4) is 0 Å². The Kier molecular flexibility index (Phi) is 4.82. The van der Waals surface area contributed by atoms with E-state index in [-0.39, 0.29) is 17.9 Å². The highest BCUT2D eigenvalue weighted by molar-refractivity contribution is 6.31. The third-order valence-electron chi connectivity index (χ3n) is 4.13. The van der Waals surface area contributed by atoms with E-state index in [1.165, 1.54) is 12.1 Å². The summed E-state index contributed by atoms with van der Waals surface area (Å²) in [6, 6.07) is 13.7. The first-order valence-corrected chi connectivity index (χ1v) is 8.06. The Morgan fingerprint density at radius 3 is 2.70 bits per heavy atom. The van der Waals surface area contributed by atoms with Crippen LogP contribution in [-0.4, -0.2) is 17.5 Å². The lowest BCUT2D eigenvalue weighted by Crippen LogP contribution is -2.39. The molecule has 3 nitrogen and oxygen atoms in total. The van der Waals surface area contributed by atoms with Gasteiger partial charge in [-0.15, -0.1) is 0 Å². The van der Waals surface area contributed by atoms with Crippen LogP contribution in [0.5, 0.6) is 0 Å². The largest absolute Gasteiger partial charge is 0.334 e. The van der Waals surface area contributed by atoms with Gasteiger partial charge in [-0.2, -0.15) is 0 Å². The molecule has 0 bridgehead atoms. The number of amides is 2. The first kappa shape index (κ1) is 15.8. The highest BCUT2D eigenvalue weighted by Crippen LogP contribution is 2.35. The van der Waals surface area contributed by atoms with Gasteiger partial charge in [0.25, 0.3) is 0 Å². The zero-order chi connectivity index (χ0) is 16.2. The van der Waals surface area contributed by atoms with Gasteiger partial charge in [0, 0.05) is 18.1 Å². The highest BCUT2D eigenvalue weighted by atomic mass is 35.5. The number of carbonyl (C=O) groups excluding carboxylic acids is 1.